The standard InChI is InChI=1S/C31H37F2N3/c1-3-34(4-2)28-16-15-27-22-35(19-17-26(27)21-28)29-18-20-36(23-31(29,32)33)30(24-11-7-5-8-12-24)25-13-9-6-10-14-25/h5-16,21,29-30H,3-4,17-20,22-23H2,1-2H3. The van der Waals surface area contributed by atoms with Gasteiger partial charge in [-0.3, -0.25) is 9.80 Å². The molecule has 36 heavy (non-hydrogen) atoms. The number of benzene rings is 3. The summed E-state index contributed by atoms with van der Waals surface area (Å²) in [5.41, 5.74) is 5.87. The maximum absolute atomic E-state index is 15.8. The number of fused-ring (bicyclic) bond motifs is 1. The van der Waals surface area contributed by atoms with E-state index < -0.39 is 12.0 Å². The maximum Gasteiger partial charge on any atom is 0.275 e. The van der Waals surface area contributed by atoms with Gasteiger partial charge in [0.1, 0.15) is 0 Å². The molecule has 5 rings (SSSR count). The van der Waals surface area contributed by atoms with E-state index in [1.807, 2.05) is 46.2 Å². The second-order valence-corrected chi connectivity index (χ2v) is 10.1. The van der Waals surface area contributed by atoms with Crippen LogP contribution >= 0.6 is 0 Å². The zero-order chi connectivity index (χ0) is 25.1. The molecule has 190 valence electrons. The molecule has 0 radical (unpaired) electrons. The molecule has 1 atom stereocenters. The fourth-order valence-corrected chi connectivity index (χ4v) is 6.12. The lowest BCUT2D eigenvalue weighted by molar-refractivity contribution is -0.135. The van der Waals surface area contributed by atoms with Crippen molar-refractivity contribution in [2.24, 2.45) is 0 Å². The molecule has 2 aliphatic heterocycles. The van der Waals surface area contributed by atoms with Crippen LogP contribution in [0.25, 0.3) is 0 Å². The number of nitrogens with zero attached hydrogens (tertiary/aromatic N) is 3. The molecule has 3 aromatic rings. The van der Waals surface area contributed by atoms with Gasteiger partial charge < -0.3 is 4.90 Å². The minimum Gasteiger partial charge on any atom is -0.372 e. The van der Waals surface area contributed by atoms with Crippen molar-refractivity contribution in [1.82, 2.24) is 9.80 Å². The minimum absolute atomic E-state index is 0.167. The monoisotopic (exact) mass is 489 g/mol. The number of piperidine rings is 1. The number of alkyl halides is 2. The Hall–Kier alpha value is -2.76. The van der Waals surface area contributed by atoms with Crippen molar-refractivity contribution in [2.75, 3.05) is 37.6 Å². The molecular formula is C31H37F2N3. The van der Waals surface area contributed by atoms with E-state index in [1.54, 1.807) is 0 Å². The van der Waals surface area contributed by atoms with Crippen LogP contribution in [0.4, 0.5) is 14.5 Å². The van der Waals surface area contributed by atoms with Gasteiger partial charge in [-0.1, -0.05) is 66.7 Å². The Morgan fingerprint density at radius 2 is 1.50 bits per heavy atom. The first kappa shape index (κ1) is 24.9. The SMILES string of the molecule is CCN(CC)c1ccc2c(c1)CCN(C1CCN(C(c3ccccc3)c3ccccc3)CC1(F)F)C2. The summed E-state index contributed by atoms with van der Waals surface area (Å²) in [5, 5.41) is 0. The number of halogens is 2. The maximum atomic E-state index is 15.8. The van der Waals surface area contributed by atoms with Gasteiger partial charge in [-0.25, -0.2) is 8.78 Å². The normalized spacial score (nSPS) is 20.3. The van der Waals surface area contributed by atoms with Crippen LogP contribution in [0.5, 0.6) is 0 Å². The highest BCUT2D eigenvalue weighted by molar-refractivity contribution is 5.51. The first-order valence-electron chi connectivity index (χ1n) is 13.3. The molecular weight excluding hydrogens is 452 g/mol. The molecule has 0 spiro atoms. The Balaban J connectivity index is 1.33. The number of anilines is 1. The van der Waals surface area contributed by atoms with Crippen molar-refractivity contribution < 1.29 is 8.78 Å². The Bertz CT molecular complexity index is 1090. The molecule has 0 saturated carbocycles. The summed E-state index contributed by atoms with van der Waals surface area (Å²) in [6.07, 6.45) is 1.30. The largest absolute Gasteiger partial charge is 0.372 e. The summed E-state index contributed by atoms with van der Waals surface area (Å²) in [6, 6.07) is 25.8. The van der Waals surface area contributed by atoms with Gasteiger partial charge in [-0.15, -0.1) is 0 Å². The van der Waals surface area contributed by atoms with Gasteiger partial charge in [0.05, 0.1) is 18.6 Å². The zero-order valence-electron chi connectivity index (χ0n) is 21.4. The van der Waals surface area contributed by atoms with Crippen LogP contribution in [0.15, 0.2) is 78.9 Å². The zero-order valence-corrected chi connectivity index (χ0v) is 21.4. The minimum atomic E-state index is -2.78. The Labute approximate surface area is 214 Å². The van der Waals surface area contributed by atoms with E-state index in [0.717, 1.165) is 30.6 Å². The van der Waals surface area contributed by atoms with E-state index in [4.69, 9.17) is 0 Å². The fourth-order valence-electron chi connectivity index (χ4n) is 6.12. The predicted octanol–water partition coefficient (Wildman–Crippen LogP) is 6.39. The van der Waals surface area contributed by atoms with Crippen LogP contribution < -0.4 is 4.90 Å². The lowest BCUT2D eigenvalue weighted by Gasteiger charge is -2.47. The average molecular weight is 490 g/mol. The van der Waals surface area contributed by atoms with Crippen molar-refractivity contribution in [3.8, 4) is 0 Å². The number of rotatable bonds is 7. The van der Waals surface area contributed by atoms with E-state index in [2.05, 4.69) is 61.2 Å². The highest BCUT2D eigenvalue weighted by Gasteiger charge is 2.49. The van der Waals surface area contributed by atoms with Crippen molar-refractivity contribution in [2.45, 2.75) is 51.2 Å². The molecule has 2 heterocycles. The predicted molar refractivity (Wildman–Crippen MR) is 144 cm³/mol. The summed E-state index contributed by atoms with van der Waals surface area (Å²) in [4.78, 5) is 6.36. The topological polar surface area (TPSA) is 9.72 Å². The Kier molecular flexibility index (Phi) is 7.40. The van der Waals surface area contributed by atoms with Gasteiger partial charge in [0.2, 0.25) is 0 Å². The third-order valence-electron chi connectivity index (χ3n) is 7.99. The van der Waals surface area contributed by atoms with Crippen molar-refractivity contribution in [1.29, 1.82) is 0 Å². The van der Waals surface area contributed by atoms with Crippen LogP contribution in [0.3, 0.4) is 0 Å². The highest BCUT2D eigenvalue weighted by Crippen LogP contribution is 2.39. The lowest BCUT2D eigenvalue weighted by Crippen LogP contribution is -2.59. The second kappa shape index (κ2) is 10.7. The van der Waals surface area contributed by atoms with Gasteiger partial charge in [0.15, 0.2) is 0 Å². The first-order chi connectivity index (χ1) is 17.5. The fraction of sp³-hybridized carbons (Fsp3) is 0.419. The third kappa shape index (κ3) is 5.05. The van der Waals surface area contributed by atoms with Gasteiger partial charge in [0.25, 0.3) is 5.92 Å². The molecule has 0 N–H and O–H groups in total. The molecule has 0 bridgehead atoms. The molecule has 2 aliphatic rings. The summed E-state index contributed by atoms with van der Waals surface area (Å²) >= 11 is 0. The van der Waals surface area contributed by atoms with E-state index in [0.29, 0.717) is 26.1 Å². The third-order valence-corrected chi connectivity index (χ3v) is 7.99. The van der Waals surface area contributed by atoms with Gasteiger partial charge in [0, 0.05) is 38.4 Å². The van der Waals surface area contributed by atoms with Crippen LogP contribution in [-0.2, 0) is 13.0 Å². The number of hydrogen-bond donors (Lipinski definition) is 0. The molecule has 3 nitrogen and oxygen atoms in total. The molecule has 1 fully saturated rings. The van der Waals surface area contributed by atoms with Crippen LogP contribution in [-0.4, -0.2) is 54.5 Å². The highest BCUT2D eigenvalue weighted by atomic mass is 19.3. The van der Waals surface area contributed by atoms with Crippen molar-refractivity contribution in [3.05, 3.63) is 101 Å². The number of hydrogen-bond acceptors (Lipinski definition) is 3. The lowest BCUT2D eigenvalue weighted by atomic mass is 9.90. The van der Waals surface area contributed by atoms with E-state index in [9.17, 15) is 0 Å². The molecule has 0 aromatic heterocycles. The van der Waals surface area contributed by atoms with Gasteiger partial charge in [-0.2, -0.15) is 0 Å². The van der Waals surface area contributed by atoms with Gasteiger partial charge >= 0.3 is 0 Å². The van der Waals surface area contributed by atoms with E-state index in [1.165, 1.54) is 16.8 Å². The average Bonchev–Trinajstić information content (AvgIpc) is 2.90. The van der Waals surface area contributed by atoms with Crippen LogP contribution in [0.2, 0.25) is 0 Å². The quantitative estimate of drug-likeness (QED) is 0.381. The van der Waals surface area contributed by atoms with Crippen LogP contribution in [0.1, 0.15) is 48.6 Å². The number of likely N-dealkylation sites (tertiary alicyclic amines) is 1. The van der Waals surface area contributed by atoms with Crippen molar-refractivity contribution in [3.63, 3.8) is 0 Å². The van der Waals surface area contributed by atoms with Gasteiger partial charge in [-0.05, 0) is 61.1 Å². The van der Waals surface area contributed by atoms with Crippen LogP contribution in [0, 0.1) is 0 Å². The molecule has 1 unspecified atom stereocenters. The summed E-state index contributed by atoms with van der Waals surface area (Å²) in [7, 11) is 0. The molecule has 0 aliphatic carbocycles. The summed E-state index contributed by atoms with van der Waals surface area (Å²) in [6.45, 7) is 8.00. The Morgan fingerprint density at radius 1 is 0.861 bits per heavy atom. The van der Waals surface area contributed by atoms with Crippen molar-refractivity contribution >= 4 is 5.69 Å². The summed E-state index contributed by atoms with van der Waals surface area (Å²) < 4.78 is 31.7. The first-order valence-corrected chi connectivity index (χ1v) is 13.3. The van der Waals surface area contributed by atoms with E-state index >= 15 is 8.78 Å². The smallest absolute Gasteiger partial charge is 0.275 e. The molecule has 1 saturated heterocycles. The molecule has 5 heteroatoms. The van der Waals surface area contributed by atoms with E-state index in [-0.39, 0.29) is 12.6 Å². The Morgan fingerprint density at radius 3 is 2.08 bits per heavy atom. The molecule has 0 amide bonds. The molecule has 3 aromatic carbocycles. The second-order valence-electron chi connectivity index (χ2n) is 10.1. The summed E-state index contributed by atoms with van der Waals surface area (Å²) in [5.74, 6) is -2.78.